The molecule has 1 unspecified atom stereocenters. The molecule has 0 radical (unpaired) electrons. The summed E-state index contributed by atoms with van der Waals surface area (Å²) in [5.41, 5.74) is 4.83. The summed E-state index contributed by atoms with van der Waals surface area (Å²) < 4.78 is 25.8. The third-order valence-corrected chi connectivity index (χ3v) is 2.65. The van der Waals surface area contributed by atoms with Gasteiger partial charge in [-0.2, -0.15) is 8.78 Å². The molecule has 8 heteroatoms. The lowest BCUT2D eigenvalue weighted by molar-refractivity contribution is -0.126. The van der Waals surface area contributed by atoms with Crippen LogP contribution in [0.5, 0.6) is 0 Å². The quantitative estimate of drug-likeness (QED) is 0.841. The number of nitrogens with one attached hydrogen (secondary N) is 1. The van der Waals surface area contributed by atoms with Crippen molar-refractivity contribution in [1.29, 1.82) is 0 Å². The molecule has 5 nitrogen and oxygen atoms in total. The van der Waals surface area contributed by atoms with Crippen molar-refractivity contribution < 1.29 is 13.6 Å². The van der Waals surface area contributed by atoms with E-state index in [2.05, 4.69) is 10.3 Å². The number of nitrogens with zero attached hydrogens (tertiary/aromatic N) is 2. The van der Waals surface area contributed by atoms with Gasteiger partial charge in [-0.3, -0.25) is 9.36 Å². The average molecular weight is 297 g/mol. The minimum Gasteiger partial charge on any atom is -0.347 e. The summed E-state index contributed by atoms with van der Waals surface area (Å²) in [6.07, 6.45) is 3.73. The normalized spacial score (nSPS) is 13.8. The van der Waals surface area contributed by atoms with Crippen LogP contribution in [0.2, 0.25) is 0 Å². The maximum Gasteiger partial charge on any atom is 0.319 e. The van der Waals surface area contributed by atoms with Gasteiger partial charge in [-0.1, -0.05) is 13.3 Å². The molecule has 0 aliphatic heterocycles. The standard InChI is InChI=1S/C11H18F2N4O.ClH/c1-3-4-11(2,14)9(18)16-7-8-15-5-6-17(8)10(12)13;/h5-6,10H,3-4,7,14H2,1-2H3,(H,16,18);1H. The van der Waals surface area contributed by atoms with Crippen LogP contribution in [0.15, 0.2) is 12.4 Å². The van der Waals surface area contributed by atoms with Gasteiger partial charge in [0.15, 0.2) is 0 Å². The third kappa shape index (κ3) is 4.76. The summed E-state index contributed by atoms with van der Waals surface area (Å²) in [4.78, 5) is 15.5. The van der Waals surface area contributed by atoms with Crippen LogP contribution >= 0.6 is 12.4 Å². The summed E-state index contributed by atoms with van der Waals surface area (Å²) in [7, 11) is 0. The van der Waals surface area contributed by atoms with Crippen LogP contribution in [0.25, 0.3) is 0 Å². The Morgan fingerprint density at radius 3 is 2.79 bits per heavy atom. The zero-order chi connectivity index (χ0) is 13.8. The monoisotopic (exact) mass is 296 g/mol. The number of hydrogen-bond acceptors (Lipinski definition) is 3. The van der Waals surface area contributed by atoms with Gasteiger partial charge in [-0.25, -0.2) is 4.98 Å². The molecule has 19 heavy (non-hydrogen) atoms. The molecule has 1 heterocycles. The van der Waals surface area contributed by atoms with E-state index in [1.165, 1.54) is 12.4 Å². The summed E-state index contributed by atoms with van der Waals surface area (Å²) in [6, 6.07) is 0. The van der Waals surface area contributed by atoms with Crippen molar-refractivity contribution in [1.82, 2.24) is 14.9 Å². The van der Waals surface area contributed by atoms with Gasteiger partial charge in [-0.15, -0.1) is 12.4 Å². The van der Waals surface area contributed by atoms with Gasteiger partial charge < -0.3 is 11.1 Å². The Morgan fingerprint density at radius 2 is 2.26 bits per heavy atom. The molecule has 0 saturated carbocycles. The van der Waals surface area contributed by atoms with Gasteiger partial charge in [0.1, 0.15) is 5.82 Å². The maximum atomic E-state index is 12.5. The first kappa shape index (κ1) is 17.8. The number of amides is 1. The van der Waals surface area contributed by atoms with Gasteiger partial charge in [0.25, 0.3) is 0 Å². The van der Waals surface area contributed by atoms with Crippen LogP contribution in [0, 0.1) is 0 Å². The van der Waals surface area contributed by atoms with E-state index >= 15 is 0 Å². The second kappa shape index (κ2) is 7.40. The van der Waals surface area contributed by atoms with Crippen LogP contribution in [-0.4, -0.2) is 21.0 Å². The number of aromatic nitrogens is 2. The van der Waals surface area contributed by atoms with Crippen LogP contribution in [-0.2, 0) is 11.3 Å². The molecule has 110 valence electrons. The number of alkyl halides is 2. The van der Waals surface area contributed by atoms with Gasteiger partial charge >= 0.3 is 6.55 Å². The molecule has 1 aromatic heterocycles. The lowest BCUT2D eigenvalue weighted by Gasteiger charge is -2.22. The van der Waals surface area contributed by atoms with Crippen molar-refractivity contribution in [3.8, 4) is 0 Å². The zero-order valence-corrected chi connectivity index (χ0v) is 11.7. The van der Waals surface area contributed by atoms with Crippen molar-refractivity contribution >= 4 is 18.3 Å². The molecular weight excluding hydrogens is 278 g/mol. The molecule has 0 bridgehead atoms. The summed E-state index contributed by atoms with van der Waals surface area (Å²) in [6.45, 7) is 0.805. The Bertz CT molecular complexity index is 409. The Kier molecular flexibility index (Phi) is 6.93. The SMILES string of the molecule is CCCC(C)(N)C(=O)NCc1nccn1C(F)F.Cl. The Hall–Kier alpha value is -1.21. The van der Waals surface area contributed by atoms with Crippen LogP contribution in [0.3, 0.4) is 0 Å². The van der Waals surface area contributed by atoms with Crippen molar-refractivity contribution in [2.45, 2.75) is 45.3 Å². The van der Waals surface area contributed by atoms with E-state index in [9.17, 15) is 13.6 Å². The van der Waals surface area contributed by atoms with E-state index < -0.39 is 12.1 Å². The number of hydrogen-bond donors (Lipinski definition) is 2. The first-order valence-electron chi connectivity index (χ1n) is 5.75. The number of nitrogens with two attached hydrogens (primary N) is 1. The first-order valence-corrected chi connectivity index (χ1v) is 5.75. The average Bonchev–Trinajstić information content (AvgIpc) is 2.73. The molecule has 0 saturated heterocycles. The van der Waals surface area contributed by atoms with E-state index in [0.29, 0.717) is 11.0 Å². The second-order valence-corrected chi connectivity index (χ2v) is 4.38. The third-order valence-electron chi connectivity index (χ3n) is 2.65. The number of halogens is 3. The predicted octanol–water partition coefficient (Wildman–Crippen LogP) is 1.83. The maximum absolute atomic E-state index is 12.5. The second-order valence-electron chi connectivity index (χ2n) is 4.38. The molecule has 0 fully saturated rings. The molecule has 0 aliphatic rings. The van der Waals surface area contributed by atoms with E-state index in [1.807, 2.05) is 6.92 Å². The molecule has 0 aromatic carbocycles. The smallest absolute Gasteiger partial charge is 0.319 e. The van der Waals surface area contributed by atoms with Crippen molar-refractivity contribution in [2.24, 2.45) is 5.73 Å². The van der Waals surface area contributed by atoms with Gasteiger partial charge in [0, 0.05) is 12.4 Å². The lowest BCUT2D eigenvalue weighted by atomic mass is 9.97. The van der Waals surface area contributed by atoms with E-state index in [1.54, 1.807) is 6.92 Å². The molecule has 3 N–H and O–H groups in total. The highest BCUT2D eigenvalue weighted by Crippen LogP contribution is 2.13. The minimum absolute atomic E-state index is 0. The number of imidazole rings is 1. The molecule has 1 aromatic rings. The van der Waals surface area contributed by atoms with Crippen LogP contribution < -0.4 is 11.1 Å². The minimum atomic E-state index is -2.67. The zero-order valence-electron chi connectivity index (χ0n) is 10.9. The molecular formula is C11H19ClF2N4O. The lowest BCUT2D eigenvalue weighted by Crippen LogP contribution is -2.51. The molecule has 1 amide bonds. The number of rotatable bonds is 6. The highest BCUT2D eigenvalue weighted by atomic mass is 35.5. The largest absolute Gasteiger partial charge is 0.347 e. The topological polar surface area (TPSA) is 72.9 Å². The Labute approximate surface area is 117 Å². The van der Waals surface area contributed by atoms with Crippen molar-refractivity contribution in [2.75, 3.05) is 0 Å². The molecule has 0 spiro atoms. The van der Waals surface area contributed by atoms with E-state index in [0.717, 1.165) is 6.42 Å². The molecule has 0 aliphatic carbocycles. The van der Waals surface area contributed by atoms with Gasteiger partial charge in [0.2, 0.25) is 5.91 Å². The first-order chi connectivity index (χ1) is 8.38. The fourth-order valence-electron chi connectivity index (χ4n) is 1.65. The fourth-order valence-corrected chi connectivity index (χ4v) is 1.65. The Balaban J connectivity index is 0.00000324. The fraction of sp³-hybridized carbons (Fsp3) is 0.636. The number of carbonyl (C=O) groups is 1. The van der Waals surface area contributed by atoms with Crippen molar-refractivity contribution in [3.05, 3.63) is 18.2 Å². The van der Waals surface area contributed by atoms with Crippen molar-refractivity contribution in [3.63, 3.8) is 0 Å². The Morgan fingerprint density at radius 1 is 1.63 bits per heavy atom. The highest BCUT2D eigenvalue weighted by Gasteiger charge is 2.27. The summed E-state index contributed by atoms with van der Waals surface area (Å²) >= 11 is 0. The van der Waals surface area contributed by atoms with Gasteiger partial charge in [0.05, 0.1) is 12.1 Å². The van der Waals surface area contributed by atoms with E-state index in [-0.39, 0.29) is 30.7 Å². The highest BCUT2D eigenvalue weighted by molar-refractivity contribution is 5.85. The summed E-state index contributed by atoms with van der Waals surface area (Å²) in [5.74, 6) is -0.265. The summed E-state index contributed by atoms with van der Waals surface area (Å²) in [5, 5.41) is 2.52. The van der Waals surface area contributed by atoms with Crippen LogP contribution in [0.1, 0.15) is 39.1 Å². The van der Waals surface area contributed by atoms with Crippen LogP contribution in [0.4, 0.5) is 8.78 Å². The predicted molar refractivity (Wildman–Crippen MR) is 70.1 cm³/mol. The number of carbonyl (C=O) groups excluding carboxylic acids is 1. The molecule has 1 atom stereocenters. The van der Waals surface area contributed by atoms with Gasteiger partial charge in [-0.05, 0) is 13.3 Å². The molecule has 1 rings (SSSR count). The van der Waals surface area contributed by atoms with E-state index in [4.69, 9.17) is 5.73 Å².